The number of rotatable bonds is 2. The molecule has 0 heterocycles. The van der Waals surface area contributed by atoms with Crippen molar-refractivity contribution in [1.29, 1.82) is 0 Å². The zero-order valence-corrected chi connectivity index (χ0v) is 4.33. The van der Waals surface area contributed by atoms with Crippen molar-refractivity contribution in [3.05, 3.63) is 0 Å². The first-order valence-corrected chi connectivity index (χ1v) is 2.24. The molecule has 0 aliphatic heterocycles. The van der Waals surface area contributed by atoms with Gasteiger partial charge in [-0.15, -0.1) is 0 Å². The minimum absolute atomic E-state index is 0.208. The Morgan fingerprint density at radius 1 is 1.71 bits per heavy atom. The summed E-state index contributed by atoms with van der Waals surface area (Å²) < 4.78 is 0. The summed E-state index contributed by atoms with van der Waals surface area (Å²) in [5, 5.41) is 16.6. The van der Waals surface area contributed by atoms with E-state index in [1.807, 2.05) is 0 Å². The van der Waals surface area contributed by atoms with Crippen LogP contribution in [0.5, 0.6) is 0 Å². The van der Waals surface area contributed by atoms with Gasteiger partial charge in [0.2, 0.25) is 0 Å². The minimum atomic E-state index is -1.26. The first-order chi connectivity index (χ1) is 3.18. The average Bonchev–Trinajstić information content (AvgIpc) is 1.65. The van der Waals surface area contributed by atoms with Crippen molar-refractivity contribution in [1.82, 2.24) is 0 Å². The third-order valence-electron chi connectivity index (χ3n) is 0.881. The molecule has 0 spiro atoms. The van der Waals surface area contributed by atoms with Gasteiger partial charge in [-0.2, -0.15) is 0 Å². The fraction of sp³-hybridized carbons (Fsp3) is 1.00. The molecule has 0 fully saturated rings. The van der Waals surface area contributed by atoms with E-state index in [0.717, 1.165) is 0 Å². The maximum Gasteiger partial charge on any atom is 0.455 e. The molecule has 0 bridgehead atoms. The Labute approximate surface area is 43.3 Å². The SMILES string of the molecule is CC(CN)B(O)O. The van der Waals surface area contributed by atoms with Crippen LogP contribution in [-0.2, 0) is 0 Å². The highest BCUT2D eigenvalue weighted by Gasteiger charge is 2.14. The Kier molecular flexibility index (Phi) is 2.99. The molecule has 0 aromatic rings. The van der Waals surface area contributed by atoms with E-state index in [-0.39, 0.29) is 5.82 Å². The molecule has 7 heavy (non-hydrogen) atoms. The van der Waals surface area contributed by atoms with Crippen LogP contribution in [0.1, 0.15) is 6.92 Å². The Morgan fingerprint density at radius 2 is 2.14 bits per heavy atom. The summed E-state index contributed by atoms with van der Waals surface area (Å²) >= 11 is 0. The fourth-order valence-corrected chi connectivity index (χ4v) is 0.122. The predicted octanol–water partition coefficient (Wildman–Crippen LogP) is -1.19. The summed E-state index contributed by atoms with van der Waals surface area (Å²) in [7, 11) is -1.26. The molecular weight excluding hydrogens is 92.8 g/mol. The molecule has 0 aromatic heterocycles. The molecule has 0 radical (unpaired) electrons. The quantitative estimate of drug-likeness (QED) is 0.385. The number of hydrogen-bond donors (Lipinski definition) is 3. The van der Waals surface area contributed by atoms with E-state index in [1.54, 1.807) is 6.92 Å². The summed E-state index contributed by atoms with van der Waals surface area (Å²) in [4.78, 5) is 0. The van der Waals surface area contributed by atoms with Gasteiger partial charge in [0.05, 0.1) is 0 Å². The van der Waals surface area contributed by atoms with Crippen molar-refractivity contribution in [3.63, 3.8) is 0 Å². The average molecular weight is 103 g/mol. The van der Waals surface area contributed by atoms with E-state index in [2.05, 4.69) is 0 Å². The molecule has 3 nitrogen and oxygen atoms in total. The van der Waals surface area contributed by atoms with Crippen LogP contribution in [0.4, 0.5) is 0 Å². The molecule has 1 unspecified atom stereocenters. The summed E-state index contributed by atoms with van der Waals surface area (Å²) in [6.45, 7) is 1.99. The number of hydrogen-bond acceptors (Lipinski definition) is 3. The lowest BCUT2D eigenvalue weighted by molar-refractivity contribution is 0.389. The molecule has 0 rings (SSSR count). The van der Waals surface area contributed by atoms with Gasteiger partial charge >= 0.3 is 7.12 Å². The van der Waals surface area contributed by atoms with Crippen LogP contribution in [0.25, 0.3) is 0 Å². The molecule has 0 amide bonds. The van der Waals surface area contributed by atoms with E-state index in [4.69, 9.17) is 15.8 Å². The van der Waals surface area contributed by atoms with E-state index >= 15 is 0 Å². The number of nitrogens with two attached hydrogens (primary N) is 1. The highest BCUT2D eigenvalue weighted by Crippen LogP contribution is 1.98. The smallest absolute Gasteiger partial charge is 0.427 e. The molecular formula is C3H10BNO2. The fourth-order valence-electron chi connectivity index (χ4n) is 0.122. The van der Waals surface area contributed by atoms with Gasteiger partial charge in [-0.05, 0) is 6.54 Å². The third-order valence-corrected chi connectivity index (χ3v) is 0.881. The van der Waals surface area contributed by atoms with Crippen molar-refractivity contribution in [3.8, 4) is 0 Å². The second-order valence-electron chi connectivity index (χ2n) is 1.63. The Bertz CT molecular complexity index is 50.2. The minimum Gasteiger partial charge on any atom is -0.427 e. The van der Waals surface area contributed by atoms with Gasteiger partial charge in [0, 0.05) is 5.82 Å². The Hall–Kier alpha value is -0.0551. The van der Waals surface area contributed by atoms with Crippen LogP contribution in [0.2, 0.25) is 5.82 Å². The van der Waals surface area contributed by atoms with Gasteiger partial charge in [0.15, 0.2) is 0 Å². The van der Waals surface area contributed by atoms with Crippen LogP contribution >= 0.6 is 0 Å². The molecule has 42 valence electrons. The zero-order chi connectivity index (χ0) is 5.86. The highest BCUT2D eigenvalue weighted by atomic mass is 16.4. The van der Waals surface area contributed by atoms with Gasteiger partial charge in [-0.25, -0.2) is 0 Å². The standard InChI is InChI=1S/C3H10BNO2/c1-3(2-5)4(6)7/h3,6-7H,2,5H2,1H3. The lowest BCUT2D eigenvalue weighted by Gasteiger charge is -2.02. The van der Waals surface area contributed by atoms with Gasteiger partial charge in [-0.3, -0.25) is 0 Å². The normalized spacial score (nSPS) is 13.7. The van der Waals surface area contributed by atoms with Crippen molar-refractivity contribution < 1.29 is 10.0 Å². The predicted molar refractivity (Wildman–Crippen MR) is 28.7 cm³/mol. The topological polar surface area (TPSA) is 66.5 Å². The molecule has 0 aliphatic carbocycles. The lowest BCUT2D eigenvalue weighted by atomic mass is 9.74. The highest BCUT2D eigenvalue weighted by molar-refractivity contribution is 6.43. The molecule has 1 atom stereocenters. The summed E-state index contributed by atoms with van der Waals surface area (Å²) in [6.07, 6.45) is 0. The molecule has 4 heteroatoms. The van der Waals surface area contributed by atoms with Crippen molar-refractivity contribution in [2.24, 2.45) is 5.73 Å². The second-order valence-corrected chi connectivity index (χ2v) is 1.63. The lowest BCUT2D eigenvalue weighted by Crippen LogP contribution is -2.24. The van der Waals surface area contributed by atoms with Crippen LogP contribution in [0.15, 0.2) is 0 Å². The van der Waals surface area contributed by atoms with Gasteiger partial charge < -0.3 is 15.8 Å². The Balaban J connectivity index is 3.14. The largest absolute Gasteiger partial charge is 0.455 e. The first kappa shape index (κ1) is 6.94. The molecule has 0 aliphatic rings. The third kappa shape index (κ3) is 2.62. The van der Waals surface area contributed by atoms with E-state index in [1.165, 1.54) is 0 Å². The Morgan fingerprint density at radius 3 is 2.14 bits per heavy atom. The van der Waals surface area contributed by atoms with Gasteiger partial charge in [-0.1, -0.05) is 6.92 Å². The monoisotopic (exact) mass is 103 g/mol. The van der Waals surface area contributed by atoms with Gasteiger partial charge in [0.25, 0.3) is 0 Å². The zero-order valence-electron chi connectivity index (χ0n) is 4.33. The molecule has 4 N–H and O–H groups in total. The van der Waals surface area contributed by atoms with Crippen LogP contribution in [0.3, 0.4) is 0 Å². The van der Waals surface area contributed by atoms with Crippen LogP contribution < -0.4 is 5.73 Å². The summed E-state index contributed by atoms with van der Waals surface area (Å²) in [5.74, 6) is -0.208. The summed E-state index contributed by atoms with van der Waals surface area (Å²) in [5.41, 5.74) is 5.05. The van der Waals surface area contributed by atoms with Crippen molar-refractivity contribution >= 4 is 7.12 Å². The maximum atomic E-state index is 8.30. The van der Waals surface area contributed by atoms with E-state index in [0.29, 0.717) is 6.54 Å². The van der Waals surface area contributed by atoms with Crippen molar-refractivity contribution in [2.75, 3.05) is 6.54 Å². The van der Waals surface area contributed by atoms with E-state index in [9.17, 15) is 0 Å². The molecule has 0 saturated heterocycles. The summed E-state index contributed by atoms with van der Waals surface area (Å²) in [6, 6.07) is 0. The second kappa shape index (κ2) is 3.01. The maximum absolute atomic E-state index is 8.30. The van der Waals surface area contributed by atoms with Gasteiger partial charge in [0.1, 0.15) is 0 Å². The first-order valence-electron chi connectivity index (χ1n) is 2.24. The molecule has 0 saturated carbocycles. The van der Waals surface area contributed by atoms with Crippen molar-refractivity contribution in [2.45, 2.75) is 12.7 Å². The molecule has 0 aromatic carbocycles. The van der Waals surface area contributed by atoms with Crippen LogP contribution in [0, 0.1) is 0 Å². The van der Waals surface area contributed by atoms with E-state index < -0.39 is 7.12 Å². The van der Waals surface area contributed by atoms with Crippen LogP contribution in [-0.4, -0.2) is 23.7 Å².